The molecule has 21 heavy (non-hydrogen) atoms. The van der Waals surface area contributed by atoms with E-state index in [0.29, 0.717) is 25.6 Å². The van der Waals surface area contributed by atoms with Crippen molar-refractivity contribution in [3.63, 3.8) is 0 Å². The Kier molecular flexibility index (Phi) is 4.33. The van der Waals surface area contributed by atoms with Gasteiger partial charge < -0.3 is 13.6 Å². The Labute approximate surface area is 123 Å². The van der Waals surface area contributed by atoms with Crippen LogP contribution in [-0.2, 0) is 17.8 Å². The highest BCUT2D eigenvalue weighted by Gasteiger charge is 2.13. The van der Waals surface area contributed by atoms with Crippen LogP contribution in [0, 0.1) is 0 Å². The lowest BCUT2D eigenvalue weighted by Gasteiger charge is -2.18. The molecular formula is C16H18N2O3. The van der Waals surface area contributed by atoms with Gasteiger partial charge in [-0.1, -0.05) is 12.1 Å². The number of rotatable bonds is 7. The summed E-state index contributed by atoms with van der Waals surface area (Å²) >= 11 is 0. The highest BCUT2D eigenvalue weighted by atomic mass is 16.5. The second kappa shape index (κ2) is 6.56. The molecule has 0 atom stereocenters. The Balaban J connectivity index is 1.73. The van der Waals surface area contributed by atoms with Crippen LogP contribution in [0.2, 0.25) is 0 Å². The van der Waals surface area contributed by atoms with E-state index in [-0.39, 0.29) is 0 Å². The number of methoxy groups -OCH3 is 1. The van der Waals surface area contributed by atoms with Crippen molar-refractivity contribution in [3.05, 3.63) is 54.3 Å². The van der Waals surface area contributed by atoms with Gasteiger partial charge in [0.25, 0.3) is 0 Å². The molecule has 110 valence electrons. The number of nitrogens with zero attached hydrogens (tertiary/aromatic N) is 2. The van der Waals surface area contributed by atoms with Crippen molar-refractivity contribution in [2.75, 3.05) is 20.3 Å². The van der Waals surface area contributed by atoms with Gasteiger partial charge in [-0.25, -0.2) is 4.98 Å². The highest BCUT2D eigenvalue weighted by molar-refractivity contribution is 5.72. The van der Waals surface area contributed by atoms with E-state index in [1.54, 1.807) is 13.4 Å². The molecule has 2 aromatic heterocycles. The van der Waals surface area contributed by atoms with Gasteiger partial charge in [-0.3, -0.25) is 4.90 Å². The Morgan fingerprint density at radius 1 is 1.14 bits per heavy atom. The smallest absolute Gasteiger partial charge is 0.209 e. The summed E-state index contributed by atoms with van der Waals surface area (Å²) in [6, 6.07) is 11.6. The van der Waals surface area contributed by atoms with Gasteiger partial charge in [0.05, 0.1) is 26.0 Å². The maximum atomic E-state index is 5.77. The van der Waals surface area contributed by atoms with E-state index < -0.39 is 0 Å². The molecule has 0 aliphatic rings. The molecule has 5 nitrogen and oxygen atoms in total. The van der Waals surface area contributed by atoms with Crippen LogP contribution in [0.15, 0.2) is 51.5 Å². The molecule has 0 unspecified atom stereocenters. The van der Waals surface area contributed by atoms with E-state index in [2.05, 4.69) is 9.88 Å². The topological polar surface area (TPSA) is 51.6 Å². The molecule has 0 fully saturated rings. The van der Waals surface area contributed by atoms with Crippen LogP contribution in [0.3, 0.4) is 0 Å². The molecule has 0 saturated heterocycles. The number of fused-ring (bicyclic) bond motifs is 1. The highest BCUT2D eigenvalue weighted by Crippen LogP contribution is 2.17. The van der Waals surface area contributed by atoms with Gasteiger partial charge in [0.1, 0.15) is 11.3 Å². The van der Waals surface area contributed by atoms with Crippen LogP contribution in [0.4, 0.5) is 0 Å². The first kappa shape index (κ1) is 13.9. The summed E-state index contributed by atoms with van der Waals surface area (Å²) in [4.78, 5) is 6.70. The van der Waals surface area contributed by atoms with Gasteiger partial charge in [0.15, 0.2) is 5.58 Å². The third-order valence-electron chi connectivity index (χ3n) is 3.27. The lowest BCUT2D eigenvalue weighted by molar-refractivity contribution is 0.129. The lowest BCUT2D eigenvalue weighted by Crippen LogP contribution is -2.26. The molecule has 0 radical (unpaired) electrons. The Hall–Kier alpha value is -2.11. The van der Waals surface area contributed by atoms with Gasteiger partial charge in [0.2, 0.25) is 5.89 Å². The largest absolute Gasteiger partial charge is 0.468 e. The molecule has 0 amide bonds. The van der Waals surface area contributed by atoms with Crippen molar-refractivity contribution in [2.24, 2.45) is 0 Å². The molecule has 0 aliphatic carbocycles. The van der Waals surface area contributed by atoms with Gasteiger partial charge in [-0.05, 0) is 24.3 Å². The minimum Gasteiger partial charge on any atom is -0.468 e. The fraction of sp³-hybridized carbons (Fsp3) is 0.312. The SMILES string of the molecule is COCCN(Cc1ccco1)Cc1nc2ccccc2o1. The molecule has 0 saturated carbocycles. The maximum absolute atomic E-state index is 5.77. The normalized spacial score (nSPS) is 11.5. The number of furan rings is 1. The summed E-state index contributed by atoms with van der Waals surface area (Å²) in [6.45, 7) is 2.77. The zero-order valence-corrected chi connectivity index (χ0v) is 12.0. The summed E-state index contributed by atoms with van der Waals surface area (Å²) < 4.78 is 16.3. The molecule has 0 bridgehead atoms. The number of oxazole rings is 1. The molecule has 0 N–H and O–H groups in total. The number of para-hydroxylation sites is 2. The fourth-order valence-corrected chi connectivity index (χ4v) is 2.24. The number of ether oxygens (including phenoxy) is 1. The minimum atomic E-state index is 0.624. The molecule has 2 heterocycles. The zero-order valence-electron chi connectivity index (χ0n) is 12.0. The van der Waals surface area contributed by atoms with Crippen LogP contribution < -0.4 is 0 Å². The van der Waals surface area contributed by atoms with E-state index in [9.17, 15) is 0 Å². The zero-order chi connectivity index (χ0) is 14.5. The minimum absolute atomic E-state index is 0.624. The summed E-state index contributed by atoms with van der Waals surface area (Å²) in [5, 5.41) is 0. The predicted molar refractivity (Wildman–Crippen MR) is 78.7 cm³/mol. The fourth-order valence-electron chi connectivity index (χ4n) is 2.24. The van der Waals surface area contributed by atoms with Crippen molar-refractivity contribution in [1.29, 1.82) is 0 Å². The monoisotopic (exact) mass is 286 g/mol. The number of aromatic nitrogens is 1. The first-order chi connectivity index (χ1) is 10.3. The van der Waals surface area contributed by atoms with Crippen LogP contribution in [0.5, 0.6) is 0 Å². The molecule has 3 rings (SSSR count). The van der Waals surface area contributed by atoms with Crippen LogP contribution in [0.25, 0.3) is 11.1 Å². The van der Waals surface area contributed by atoms with Crippen molar-refractivity contribution in [2.45, 2.75) is 13.1 Å². The Morgan fingerprint density at radius 2 is 2.05 bits per heavy atom. The van der Waals surface area contributed by atoms with Crippen molar-refractivity contribution in [3.8, 4) is 0 Å². The quantitative estimate of drug-likeness (QED) is 0.668. The molecule has 3 aromatic rings. The van der Waals surface area contributed by atoms with E-state index in [0.717, 1.165) is 23.4 Å². The second-order valence-corrected chi connectivity index (χ2v) is 4.86. The molecule has 0 aliphatic heterocycles. The molecule has 0 spiro atoms. The van der Waals surface area contributed by atoms with E-state index >= 15 is 0 Å². The van der Waals surface area contributed by atoms with Crippen molar-refractivity contribution in [1.82, 2.24) is 9.88 Å². The maximum Gasteiger partial charge on any atom is 0.209 e. The van der Waals surface area contributed by atoms with Gasteiger partial charge in [-0.15, -0.1) is 0 Å². The number of benzene rings is 1. The van der Waals surface area contributed by atoms with Crippen molar-refractivity contribution < 1.29 is 13.6 Å². The standard InChI is InChI=1S/C16H18N2O3/c1-19-10-8-18(11-13-5-4-9-20-13)12-16-17-14-6-2-3-7-15(14)21-16/h2-7,9H,8,10-12H2,1H3. The second-order valence-electron chi connectivity index (χ2n) is 4.86. The predicted octanol–water partition coefficient (Wildman–Crippen LogP) is 3.07. The summed E-state index contributed by atoms with van der Waals surface area (Å²) in [5.41, 5.74) is 1.70. The first-order valence-corrected chi connectivity index (χ1v) is 6.93. The lowest BCUT2D eigenvalue weighted by atomic mass is 10.3. The van der Waals surface area contributed by atoms with Gasteiger partial charge in [-0.2, -0.15) is 0 Å². The van der Waals surface area contributed by atoms with Crippen molar-refractivity contribution >= 4 is 11.1 Å². The van der Waals surface area contributed by atoms with Crippen LogP contribution in [-0.4, -0.2) is 30.1 Å². The van der Waals surface area contributed by atoms with Crippen LogP contribution in [0.1, 0.15) is 11.7 Å². The molecular weight excluding hydrogens is 268 g/mol. The molecule has 1 aromatic carbocycles. The van der Waals surface area contributed by atoms with Crippen LogP contribution >= 0.6 is 0 Å². The number of hydrogen-bond donors (Lipinski definition) is 0. The van der Waals surface area contributed by atoms with E-state index in [1.165, 1.54) is 0 Å². The summed E-state index contributed by atoms with van der Waals surface area (Å²) in [7, 11) is 1.70. The number of hydrogen-bond acceptors (Lipinski definition) is 5. The molecule has 5 heteroatoms. The van der Waals surface area contributed by atoms with Gasteiger partial charge in [0, 0.05) is 13.7 Å². The summed E-state index contributed by atoms with van der Waals surface area (Å²) in [6.07, 6.45) is 1.68. The average Bonchev–Trinajstić information content (AvgIpc) is 3.13. The first-order valence-electron chi connectivity index (χ1n) is 6.93. The van der Waals surface area contributed by atoms with Gasteiger partial charge >= 0.3 is 0 Å². The average molecular weight is 286 g/mol. The van der Waals surface area contributed by atoms with E-state index in [4.69, 9.17) is 13.6 Å². The van der Waals surface area contributed by atoms with E-state index in [1.807, 2.05) is 36.4 Å². The Bertz CT molecular complexity index is 643. The third-order valence-corrected chi connectivity index (χ3v) is 3.27. The third kappa shape index (κ3) is 3.51. The summed E-state index contributed by atoms with van der Waals surface area (Å²) in [5.74, 6) is 1.63. The Morgan fingerprint density at radius 3 is 2.81 bits per heavy atom.